The second-order valence-electron chi connectivity index (χ2n) is 4.56. The summed E-state index contributed by atoms with van der Waals surface area (Å²) in [6.45, 7) is 0. The largest absolute Gasteiger partial charge is 0.294 e. The third-order valence-electron chi connectivity index (χ3n) is 3.21. The van der Waals surface area contributed by atoms with Gasteiger partial charge in [0.1, 0.15) is 0 Å². The Morgan fingerprint density at radius 1 is 0.947 bits per heavy atom. The van der Waals surface area contributed by atoms with Crippen molar-refractivity contribution in [3.05, 3.63) is 46.4 Å². The minimum Gasteiger partial charge on any atom is -0.294 e. The van der Waals surface area contributed by atoms with E-state index in [0.717, 1.165) is 45.4 Å². The van der Waals surface area contributed by atoms with Gasteiger partial charge in [-0.15, -0.1) is 0 Å². The van der Waals surface area contributed by atoms with E-state index < -0.39 is 0 Å². The molecule has 0 N–H and O–H groups in total. The Hall–Kier alpha value is -0.670. The predicted molar refractivity (Wildman–Crippen MR) is 88.2 cm³/mol. The lowest BCUT2D eigenvalue weighted by atomic mass is 9.98. The molecule has 2 aromatic carbocycles. The molecule has 0 saturated carbocycles. The van der Waals surface area contributed by atoms with Crippen molar-refractivity contribution in [2.24, 2.45) is 0 Å². The average molecular weight is 384 g/mol. The van der Waals surface area contributed by atoms with E-state index in [4.69, 9.17) is 0 Å². The van der Waals surface area contributed by atoms with E-state index in [1.54, 1.807) is 0 Å². The van der Waals surface area contributed by atoms with E-state index in [2.05, 4.69) is 31.9 Å². The van der Waals surface area contributed by atoms with Crippen molar-refractivity contribution < 1.29 is 4.79 Å². The number of halogens is 2. The summed E-state index contributed by atoms with van der Waals surface area (Å²) in [5, 5.41) is 3.17. The van der Waals surface area contributed by atoms with Crippen molar-refractivity contribution in [1.82, 2.24) is 0 Å². The molecule has 0 atom stereocenters. The molecule has 0 aromatic heterocycles. The van der Waals surface area contributed by atoms with Gasteiger partial charge in [-0.1, -0.05) is 62.5 Å². The predicted octanol–water partition coefficient (Wildman–Crippen LogP) is 5.74. The van der Waals surface area contributed by atoms with Crippen LogP contribution in [0.5, 0.6) is 0 Å². The van der Waals surface area contributed by atoms with Crippen LogP contribution in [0.15, 0.2) is 40.9 Å². The van der Waals surface area contributed by atoms with Crippen molar-refractivity contribution in [2.75, 3.05) is 5.33 Å². The van der Waals surface area contributed by atoms with E-state index in [0.29, 0.717) is 6.42 Å². The third-order valence-corrected chi connectivity index (χ3v) is 4.46. The summed E-state index contributed by atoms with van der Waals surface area (Å²) in [6, 6.07) is 11.9. The molecule has 19 heavy (non-hydrogen) atoms. The topological polar surface area (TPSA) is 17.1 Å². The monoisotopic (exact) mass is 382 g/mol. The molecule has 1 nitrogen and oxygen atoms in total. The van der Waals surface area contributed by atoms with E-state index >= 15 is 0 Å². The fourth-order valence-electron chi connectivity index (χ4n) is 2.20. The first-order chi connectivity index (χ1) is 9.24. The van der Waals surface area contributed by atoms with Crippen LogP contribution in [-0.4, -0.2) is 11.1 Å². The minimum absolute atomic E-state index is 0.248. The fourth-order valence-corrected chi connectivity index (χ4v) is 3.07. The lowest BCUT2D eigenvalue weighted by Crippen LogP contribution is -2.00. The van der Waals surface area contributed by atoms with Gasteiger partial charge in [-0.3, -0.25) is 4.79 Å². The number of carbonyl (C=O) groups excluding carboxylic acids is 1. The van der Waals surface area contributed by atoms with Gasteiger partial charge < -0.3 is 0 Å². The Morgan fingerprint density at radius 3 is 2.42 bits per heavy atom. The molecule has 2 rings (SSSR count). The van der Waals surface area contributed by atoms with Gasteiger partial charge in [0.05, 0.1) is 0 Å². The van der Waals surface area contributed by atoms with Gasteiger partial charge in [-0.05, 0) is 35.7 Å². The first-order valence-electron chi connectivity index (χ1n) is 6.50. The summed E-state index contributed by atoms with van der Waals surface area (Å²) in [5.74, 6) is 0.248. The Morgan fingerprint density at radius 2 is 1.68 bits per heavy atom. The van der Waals surface area contributed by atoms with Crippen LogP contribution >= 0.6 is 31.9 Å². The van der Waals surface area contributed by atoms with Crippen LogP contribution in [0, 0.1) is 0 Å². The van der Waals surface area contributed by atoms with Crippen molar-refractivity contribution in [3.63, 3.8) is 0 Å². The Kier molecular flexibility index (Phi) is 5.59. The number of hydrogen-bond donors (Lipinski definition) is 0. The fraction of sp³-hybridized carbons (Fsp3) is 0.312. The zero-order valence-corrected chi connectivity index (χ0v) is 13.8. The van der Waals surface area contributed by atoms with E-state index in [1.165, 1.54) is 0 Å². The summed E-state index contributed by atoms with van der Waals surface area (Å²) in [6.07, 6.45) is 3.84. The number of benzene rings is 2. The zero-order chi connectivity index (χ0) is 13.7. The number of fused-ring (bicyclic) bond motifs is 1. The highest BCUT2D eigenvalue weighted by Crippen LogP contribution is 2.27. The maximum atomic E-state index is 12.3. The van der Waals surface area contributed by atoms with Crippen LogP contribution in [0.3, 0.4) is 0 Å². The minimum atomic E-state index is 0.248. The highest BCUT2D eigenvalue weighted by atomic mass is 79.9. The van der Waals surface area contributed by atoms with Crippen molar-refractivity contribution >= 4 is 48.4 Å². The quantitative estimate of drug-likeness (QED) is 0.353. The lowest BCUT2D eigenvalue weighted by molar-refractivity contribution is 0.0981. The number of alkyl halides is 1. The summed E-state index contributed by atoms with van der Waals surface area (Å²) >= 11 is 6.95. The smallest absolute Gasteiger partial charge is 0.163 e. The molecule has 0 spiro atoms. The van der Waals surface area contributed by atoms with Gasteiger partial charge in [0.25, 0.3) is 0 Å². The van der Waals surface area contributed by atoms with Gasteiger partial charge >= 0.3 is 0 Å². The molecular formula is C16H16Br2O. The summed E-state index contributed by atoms with van der Waals surface area (Å²) < 4.78 is 1.04. The molecular weight excluding hydrogens is 368 g/mol. The number of unbranched alkanes of at least 4 members (excludes halogenated alkanes) is 2. The van der Waals surface area contributed by atoms with Gasteiger partial charge in [0.2, 0.25) is 0 Å². The normalized spacial score (nSPS) is 10.8. The SMILES string of the molecule is O=C(CCCCCBr)c1ccc(Br)c2ccccc12. The summed E-state index contributed by atoms with van der Waals surface area (Å²) in [7, 11) is 0. The highest BCUT2D eigenvalue weighted by Gasteiger charge is 2.11. The van der Waals surface area contributed by atoms with Crippen LogP contribution in [0.25, 0.3) is 10.8 Å². The molecule has 0 aliphatic heterocycles. The van der Waals surface area contributed by atoms with Crippen LogP contribution in [-0.2, 0) is 0 Å². The standard InChI is InChI=1S/C16H16Br2O/c17-11-5-1-2-8-16(19)14-9-10-15(18)13-7-4-3-6-12(13)14/h3-4,6-7,9-10H,1-2,5,8,11H2. The average Bonchev–Trinajstić information content (AvgIpc) is 2.44. The Bertz CT molecular complexity index is 578. The van der Waals surface area contributed by atoms with Crippen molar-refractivity contribution in [1.29, 1.82) is 0 Å². The van der Waals surface area contributed by atoms with Gasteiger partial charge in [0.15, 0.2) is 5.78 Å². The van der Waals surface area contributed by atoms with Crippen LogP contribution in [0.2, 0.25) is 0 Å². The molecule has 0 saturated heterocycles. The maximum Gasteiger partial charge on any atom is 0.163 e. The third kappa shape index (κ3) is 3.67. The second-order valence-corrected chi connectivity index (χ2v) is 6.21. The van der Waals surface area contributed by atoms with E-state index in [1.807, 2.05) is 36.4 Å². The first kappa shape index (κ1) is 14.7. The molecule has 0 aliphatic carbocycles. The molecule has 0 bridgehead atoms. The van der Waals surface area contributed by atoms with Crippen molar-refractivity contribution in [2.45, 2.75) is 25.7 Å². The lowest BCUT2D eigenvalue weighted by Gasteiger charge is -2.07. The summed E-state index contributed by atoms with van der Waals surface area (Å²) in [4.78, 5) is 12.3. The molecule has 0 heterocycles. The van der Waals surface area contributed by atoms with E-state index in [9.17, 15) is 4.79 Å². The van der Waals surface area contributed by atoms with Crippen LogP contribution in [0.4, 0.5) is 0 Å². The number of hydrogen-bond acceptors (Lipinski definition) is 1. The summed E-state index contributed by atoms with van der Waals surface area (Å²) in [5.41, 5.74) is 0.845. The molecule has 0 amide bonds. The van der Waals surface area contributed by atoms with Crippen LogP contribution < -0.4 is 0 Å². The Balaban J connectivity index is 2.20. The number of Topliss-reactive ketones (excluding diaryl/α,β-unsaturated/α-hetero) is 1. The van der Waals surface area contributed by atoms with Gasteiger partial charge in [0, 0.05) is 21.8 Å². The second kappa shape index (κ2) is 7.20. The van der Waals surface area contributed by atoms with Crippen molar-refractivity contribution in [3.8, 4) is 0 Å². The van der Waals surface area contributed by atoms with Gasteiger partial charge in [-0.2, -0.15) is 0 Å². The first-order valence-corrected chi connectivity index (χ1v) is 8.42. The zero-order valence-electron chi connectivity index (χ0n) is 10.7. The molecule has 2 aromatic rings. The number of carbonyl (C=O) groups is 1. The van der Waals surface area contributed by atoms with Crippen LogP contribution in [0.1, 0.15) is 36.0 Å². The number of ketones is 1. The van der Waals surface area contributed by atoms with E-state index in [-0.39, 0.29) is 5.78 Å². The van der Waals surface area contributed by atoms with Gasteiger partial charge in [-0.25, -0.2) is 0 Å². The molecule has 3 heteroatoms. The maximum absolute atomic E-state index is 12.3. The molecule has 100 valence electrons. The molecule has 0 fully saturated rings. The molecule has 0 aliphatic rings. The Labute approximate surface area is 130 Å². The molecule has 0 radical (unpaired) electrons. The number of rotatable bonds is 6. The highest BCUT2D eigenvalue weighted by molar-refractivity contribution is 9.10. The molecule has 0 unspecified atom stereocenters.